The van der Waals surface area contributed by atoms with Crippen LogP contribution in [0.1, 0.15) is 42.6 Å². The van der Waals surface area contributed by atoms with Crippen molar-refractivity contribution in [3.63, 3.8) is 0 Å². The van der Waals surface area contributed by atoms with Crippen LogP contribution >= 0.6 is 0 Å². The molecule has 0 bridgehead atoms. The van der Waals surface area contributed by atoms with E-state index in [9.17, 15) is 28.2 Å². The van der Waals surface area contributed by atoms with Gasteiger partial charge in [0, 0.05) is 49.2 Å². The number of primary amides is 1. The molecule has 1 fully saturated rings. The third-order valence-corrected chi connectivity index (χ3v) is 7.54. The summed E-state index contributed by atoms with van der Waals surface area (Å²) in [5, 5.41) is 24.6. The van der Waals surface area contributed by atoms with Gasteiger partial charge in [0.25, 0.3) is 5.91 Å². The van der Waals surface area contributed by atoms with Gasteiger partial charge in [-0.3, -0.25) is 4.79 Å². The SMILES string of the molecule is C[C@]1(CO)Cc2cc(-c3nn4cccnc4c3C(N)=O)c(N3CCC([C@@](C)(O)C(F)(F)F)CC3)cc2O1. The van der Waals surface area contributed by atoms with Crippen molar-refractivity contribution in [1.29, 1.82) is 0 Å². The van der Waals surface area contributed by atoms with Crippen LogP contribution in [0.3, 0.4) is 0 Å². The average Bonchev–Trinajstić information content (AvgIpc) is 3.40. The van der Waals surface area contributed by atoms with E-state index >= 15 is 0 Å². The number of alkyl halides is 3. The molecule has 0 aliphatic carbocycles. The van der Waals surface area contributed by atoms with E-state index < -0.39 is 29.2 Å². The van der Waals surface area contributed by atoms with Gasteiger partial charge in [-0.1, -0.05) is 0 Å². The van der Waals surface area contributed by atoms with Gasteiger partial charge in [-0.2, -0.15) is 18.3 Å². The lowest BCUT2D eigenvalue weighted by Gasteiger charge is -2.41. The molecule has 2 aliphatic heterocycles. The third-order valence-electron chi connectivity index (χ3n) is 7.54. The van der Waals surface area contributed by atoms with Crippen molar-refractivity contribution >= 4 is 17.2 Å². The van der Waals surface area contributed by atoms with Crippen LogP contribution in [0.4, 0.5) is 18.9 Å². The molecular formula is C25H28F3N5O4. The monoisotopic (exact) mass is 519 g/mol. The largest absolute Gasteiger partial charge is 0.484 e. The number of carbonyl (C=O) groups excluding carboxylic acids is 1. The average molecular weight is 520 g/mol. The summed E-state index contributed by atoms with van der Waals surface area (Å²) in [5.74, 6) is -1.13. The van der Waals surface area contributed by atoms with E-state index in [1.54, 1.807) is 25.3 Å². The van der Waals surface area contributed by atoms with Gasteiger partial charge >= 0.3 is 6.18 Å². The number of carbonyl (C=O) groups is 1. The Morgan fingerprint density at radius 3 is 2.62 bits per heavy atom. The highest BCUT2D eigenvalue weighted by Crippen LogP contribution is 2.46. The van der Waals surface area contributed by atoms with Crippen molar-refractivity contribution in [2.24, 2.45) is 11.7 Å². The number of nitrogens with zero attached hydrogens (tertiary/aromatic N) is 4. The van der Waals surface area contributed by atoms with Gasteiger partial charge in [0.05, 0.1) is 6.61 Å². The highest BCUT2D eigenvalue weighted by atomic mass is 19.4. The first-order valence-electron chi connectivity index (χ1n) is 12.0. The Morgan fingerprint density at radius 1 is 1.30 bits per heavy atom. The van der Waals surface area contributed by atoms with Crippen molar-refractivity contribution in [2.45, 2.75) is 50.5 Å². The van der Waals surface area contributed by atoms with Gasteiger partial charge in [-0.05, 0) is 50.3 Å². The summed E-state index contributed by atoms with van der Waals surface area (Å²) >= 11 is 0. The molecule has 4 N–H and O–H groups in total. The molecule has 1 amide bonds. The molecule has 2 aromatic heterocycles. The number of amides is 1. The highest BCUT2D eigenvalue weighted by Gasteiger charge is 2.55. The standard InChI is InChI=1S/C25H28F3N5O4/c1-23(13-34)12-14-10-16(20-19(21(29)35)22-30-6-3-7-33(22)31-20)17(11-18(14)37-23)32-8-4-15(5-9-32)24(2,36)25(26,27)28/h3,6-7,10-11,15,34,36H,4-5,8-9,12-13H2,1-2H3,(H2,29,35)/t23-,24-/m1/s1. The summed E-state index contributed by atoms with van der Waals surface area (Å²) < 4.78 is 47.8. The second-order valence-electron chi connectivity index (χ2n) is 10.2. The number of halogens is 3. The van der Waals surface area contributed by atoms with Crippen molar-refractivity contribution < 1.29 is 32.9 Å². The van der Waals surface area contributed by atoms with Gasteiger partial charge in [-0.15, -0.1) is 0 Å². The molecule has 0 saturated carbocycles. The Bertz CT molecular complexity index is 1360. The normalized spacial score (nSPS) is 22.1. The number of hydrogen-bond acceptors (Lipinski definition) is 7. The van der Waals surface area contributed by atoms with E-state index in [0.717, 1.165) is 12.5 Å². The molecule has 4 heterocycles. The molecule has 0 spiro atoms. The van der Waals surface area contributed by atoms with Crippen LogP contribution in [0.2, 0.25) is 0 Å². The Morgan fingerprint density at radius 2 is 2.00 bits per heavy atom. The summed E-state index contributed by atoms with van der Waals surface area (Å²) in [6, 6.07) is 5.27. The Hall–Kier alpha value is -3.38. The minimum atomic E-state index is -4.74. The zero-order valence-corrected chi connectivity index (χ0v) is 20.4. The molecule has 2 atom stereocenters. The van der Waals surface area contributed by atoms with Gasteiger partial charge < -0.3 is 25.6 Å². The zero-order valence-electron chi connectivity index (χ0n) is 20.4. The zero-order chi connectivity index (χ0) is 26.8. The molecule has 1 saturated heterocycles. The van der Waals surface area contributed by atoms with Crippen LogP contribution in [0.15, 0.2) is 30.6 Å². The first-order chi connectivity index (χ1) is 17.3. The van der Waals surface area contributed by atoms with Crippen molar-refractivity contribution in [1.82, 2.24) is 14.6 Å². The Labute approximate surface area is 210 Å². The smallest absolute Gasteiger partial charge is 0.417 e. The number of ether oxygens (including phenoxy) is 1. The molecule has 3 aromatic rings. The number of aromatic nitrogens is 3. The topological polar surface area (TPSA) is 126 Å². The number of aliphatic hydroxyl groups excluding tert-OH is 1. The summed E-state index contributed by atoms with van der Waals surface area (Å²) in [7, 11) is 0. The quantitative estimate of drug-likeness (QED) is 0.473. The van der Waals surface area contributed by atoms with E-state index in [2.05, 4.69) is 10.1 Å². The summed E-state index contributed by atoms with van der Waals surface area (Å²) in [6.07, 6.45) is -0.945. The molecule has 12 heteroatoms. The van der Waals surface area contributed by atoms with Crippen LogP contribution in [-0.4, -0.2) is 67.8 Å². The maximum Gasteiger partial charge on any atom is 0.417 e. The van der Waals surface area contributed by atoms with Crippen LogP contribution < -0.4 is 15.4 Å². The fraction of sp³-hybridized carbons (Fsp3) is 0.480. The predicted octanol–water partition coefficient (Wildman–Crippen LogP) is 2.71. The summed E-state index contributed by atoms with van der Waals surface area (Å²) in [4.78, 5) is 18.7. The summed E-state index contributed by atoms with van der Waals surface area (Å²) in [5.41, 5.74) is 4.79. The second kappa shape index (κ2) is 8.59. The maximum atomic E-state index is 13.4. The molecule has 37 heavy (non-hydrogen) atoms. The van der Waals surface area contributed by atoms with Crippen LogP contribution in [0.25, 0.3) is 16.9 Å². The Balaban J connectivity index is 1.60. The molecule has 2 aliphatic rings. The van der Waals surface area contributed by atoms with Gasteiger partial charge in [0.1, 0.15) is 22.6 Å². The highest BCUT2D eigenvalue weighted by molar-refractivity contribution is 6.06. The number of rotatable bonds is 5. The number of fused-ring (bicyclic) bond motifs is 2. The van der Waals surface area contributed by atoms with E-state index in [1.807, 2.05) is 11.0 Å². The number of piperidine rings is 1. The second-order valence-corrected chi connectivity index (χ2v) is 10.2. The lowest BCUT2D eigenvalue weighted by Crippen LogP contribution is -2.52. The lowest BCUT2D eigenvalue weighted by molar-refractivity contribution is -0.273. The van der Waals surface area contributed by atoms with Gasteiger partial charge in [0.15, 0.2) is 11.2 Å². The molecule has 0 unspecified atom stereocenters. The van der Waals surface area contributed by atoms with Crippen molar-refractivity contribution in [2.75, 3.05) is 24.6 Å². The number of benzene rings is 1. The summed E-state index contributed by atoms with van der Waals surface area (Å²) in [6.45, 7) is 2.85. The molecular weight excluding hydrogens is 491 g/mol. The number of anilines is 1. The fourth-order valence-electron chi connectivity index (χ4n) is 5.31. The maximum absolute atomic E-state index is 13.4. The Kier molecular flexibility index (Phi) is 5.87. The lowest BCUT2D eigenvalue weighted by atomic mass is 9.81. The van der Waals surface area contributed by atoms with Crippen LogP contribution in [-0.2, 0) is 6.42 Å². The molecule has 0 radical (unpaired) electrons. The number of aliphatic hydroxyl groups is 2. The number of nitrogens with two attached hydrogens (primary N) is 1. The molecule has 198 valence electrons. The van der Waals surface area contributed by atoms with Crippen molar-refractivity contribution in [3.8, 4) is 17.0 Å². The first kappa shape index (κ1) is 25.3. The van der Waals surface area contributed by atoms with E-state index in [-0.39, 0.29) is 43.7 Å². The minimum absolute atomic E-state index is 0.105. The van der Waals surface area contributed by atoms with Crippen molar-refractivity contribution in [3.05, 3.63) is 41.7 Å². The van der Waals surface area contributed by atoms with Crippen LogP contribution in [0, 0.1) is 5.92 Å². The van der Waals surface area contributed by atoms with Crippen LogP contribution in [0.5, 0.6) is 5.75 Å². The first-order valence-corrected chi connectivity index (χ1v) is 12.0. The predicted molar refractivity (Wildman–Crippen MR) is 128 cm³/mol. The van der Waals surface area contributed by atoms with E-state index in [4.69, 9.17) is 10.5 Å². The van der Waals surface area contributed by atoms with Gasteiger partial charge in [-0.25, -0.2) is 9.50 Å². The third kappa shape index (κ3) is 4.17. The number of hydrogen-bond donors (Lipinski definition) is 3. The van der Waals surface area contributed by atoms with Gasteiger partial charge in [0.2, 0.25) is 0 Å². The molecule has 9 nitrogen and oxygen atoms in total. The molecule has 5 rings (SSSR count). The van der Waals surface area contributed by atoms with E-state index in [0.29, 0.717) is 29.1 Å². The van der Waals surface area contributed by atoms with E-state index in [1.165, 1.54) is 10.7 Å². The molecule has 1 aromatic carbocycles. The fourth-order valence-corrected chi connectivity index (χ4v) is 5.31. The minimum Gasteiger partial charge on any atom is -0.484 e.